The molecule has 0 saturated carbocycles. The first-order valence-electron chi connectivity index (χ1n) is 3.21. The molecule has 1 rings (SSSR count). The van der Waals surface area contributed by atoms with E-state index in [9.17, 15) is 8.78 Å². The molecule has 1 heterocycles. The monoisotopic (exact) mass is 193 g/mol. The van der Waals surface area contributed by atoms with Gasteiger partial charge in [0.25, 0.3) is 0 Å². The SMILES string of the molecule is CC(O)c1c(Cl)cnc(F)c1F. The molecule has 5 heteroatoms. The van der Waals surface area contributed by atoms with Gasteiger partial charge in [0, 0.05) is 11.8 Å². The minimum absolute atomic E-state index is 0.0797. The number of aliphatic hydroxyl groups excluding tert-OH is 1. The first kappa shape index (κ1) is 9.35. The molecule has 66 valence electrons. The zero-order valence-corrected chi connectivity index (χ0v) is 6.94. The van der Waals surface area contributed by atoms with E-state index in [0.29, 0.717) is 0 Å². The molecule has 12 heavy (non-hydrogen) atoms. The fraction of sp³-hybridized carbons (Fsp3) is 0.286. The van der Waals surface area contributed by atoms with Crippen molar-refractivity contribution >= 4 is 11.6 Å². The molecule has 0 bridgehead atoms. The van der Waals surface area contributed by atoms with E-state index < -0.39 is 17.9 Å². The average molecular weight is 194 g/mol. The smallest absolute Gasteiger partial charge is 0.249 e. The molecule has 1 N–H and O–H groups in total. The van der Waals surface area contributed by atoms with Crippen LogP contribution >= 0.6 is 11.6 Å². The number of hydrogen-bond acceptors (Lipinski definition) is 2. The highest BCUT2D eigenvalue weighted by Gasteiger charge is 2.17. The van der Waals surface area contributed by atoms with Crippen LogP contribution in [0.15, 0.2) is 6.20 Å². The molecule has 0 aliphatic carbocycles. The molecule has 0 aliphatic heterocycles. The second-order valence-electron chi connectivity index (χ2n) is 2.30. The molecular weight excluding hydrogens is 188 g/mol. The van der Waals surface area contributed by atoms with E-state index in [1.165, 1.54) is 6.92 Å². The molecule has 0 saturated heterocycles. The summed E-state index contributed by atoms with van der Waals surface area (Å²) in [6, 6.07) is 0. The lowest BCUT2D eigenvalue weighted by Crippen LogP contribution is -2.01. The van der Waals surface area contributed by atoms with Crippen LogP contribution in [0.3, 0.4) is 0 Å². The Balaban J connectivity index is 3.33. The zero-order chi connectivity index (χ0) is 9.30. The Bertz CT molecular complexity index is 304. The van der Waals surface area contributed by atoms with Crippen LogP contribution in [-0.2, 0) is 0 Å². The third-order valence-corrected chi connectivity index (χ3v) is 1.69. The second-order valence-corrected chi connectivity index (χ2v) is 2.71. The van der Waals surface area contributed by atoms with E-state index >= 15 is 0 Å². The largest absolute Gasteiger partial charge is 0.389 e. The molecule has 2 nitrogen and oxygen atoms in total. The number of aromatic nitrogens is 1. The Hall–Kier alpha value is -0.740. The van der Waals surface area contributed by atoms with Crippen molar-refractivity contribution in [2.45, 2.75) is 13.0 Å². The third-order valence-electron chi connectivity index (χ3n) is 1.38. The number of hydrogen-bond donors (Lipinski definition) is 1. The lowest BCUT2D eigenvalue weighted by atomic mass is 10.1. The highest BCUT2D eigenvalue weighted by Crippen LogP contribution is 2.25. The number of aliphatic hydroxyl groups is 1. The molecule has 1 aromatic rings. The lowest BCUT2D eigenvalue weighted by molar-refractivity contribution is 0.192. The minimum Gasteiger partial charge on any atom is -0.389 e. The first-order valence-corrected chi connectivity index (χ1v) is 3.59. The van der Waals surface area contributed by atoms with Crippen molar-refractivity contribution in [3.05, 3.63) is 28.5 Å². The van der Waals surface area contributed by atoms with Gasteiger partial charge in [0.1, 0.15) is 0 Å². The Morgan fingerprint density at radius 2 is 2.17 bits per heavy atom. The summed E-state index contributed by atoms with van der Waals surface area (Å²) >= 11 is 5.47. The standard InChI is InChI=1S/C7H6ClF2NO/c1-3(12)5-4(8)2-11-7(10)6(5)9/h2-3,12H,1H3. The van der Waals surface area contributed by atoms with Crippen molar-refractivity contribution in [1.29, 1.82) is 0 Å². The van der Waals surface area contributed by atoms with Crippen LogP contribution in [0.1, 0.15) is 18.6 Å². The first-order chi connectivity index (χ1) is 5.54. The fourth-order valence-electron chi connectivity index (χ4n) is 0.838. The zero-order valence-electron chi connectivity index (χ0n) is 6.18. The highest BCUT2D eigenvalue weighted by molar-refractivity contribution is 6.31. The summed E-state index contributed by atoms with van der Waals surface area (Å²) in [7, 11) is 0. The molecule has 0 amide bonds. The number of rotatable bonds is 1. The van der Waals surface area contributed by atoms with Crippen molar-refractivity contribution in [3.8, 4) is 0 Å². The van der Waals surface area contributed by atoms with Crippen LogP contribution in [-0.4, -0.2) is 10.1 Å². The van der Waals surface area contributed by atoms with Gasteiger partial charge in [-0.25, -0.2) is 9.37 Å². The molecule has 1 aromatic heterocycles. The minimum atomic E-state index is -1.25. The van der Waals surface area contributed by atoms with Gasteiger partial charge in [0.15, 0.2) is 5.82 Å². The maximum atomic E-state index is 12.8. The van der Waals surface area contributed by atoms with Gasteiger partial charge in [0.05, 0.1) is 11.1 Å². The second kappa shape index (κ2) is 3.33. The van der Waals surface area contributed by atoms with E-state index in [1.807, 2.05) is 0 Å². The van der Waals surface area contributed by atoms with Gasteiger partial charge in [-0.05, 0) is 6.92 Å². The van der Waals surface area contributed by atoms with E-state index in [0.717, 1.165) is 6.20 Å². The van der Waals surface area contributed by atoms with Crippen molar-refractivity contribution in [2.24, 2.45) is 0 Å². The number of pyridine rings is 1. The third kappa shape index (κ3) is 1.54. The molecule has 1 atom stereocenters. The predicted molar refractivity (Wildman–Crippen MR) is 39.8 cm³/mol. The molecule has 0 aromatic carbocycles. The van der Waals surface area contributed by atoms with Crippen LogP contribution < -0.4 is 0 Å². The molecule has 0 radical (unpaired) electrons. The summed E-state index contributed by atoms with van der Waals surface area (Å²) < 4.78 is 25.3. The summed E-state index contributed by atoms with van der Waals surface area (Å²) in [5.74, 6) is -2.45. The van der Waals surface area contributed by atoms with Crippen molar-refractivity contribution in [1.82, 2.24) is 4.98 Å². The Morgan fingerprint density at radius 3 is 2.58 bits per heavy atom. The van der Waals surface area contributed by atoms with E-state index in [-0.39, 0.29) is 10.6 Å². The molecule has 1 unspecified atom stereocenters. The van der Waals surface area contributed by atoms with Crippen molar-refractivity contribution in [3.63, 3.8) is 0 Å². The topological polar surface area (TPSA) is 33.1 Å². The maximum absolute atomic E-state index is 12.8. The summed E-state index contributed by atoms with van der Waals surface area (Å²) in [4.78, 5) is 3.04. The van der Waals surface area contributed by atoms with E-state index in [2.05, 4.69) is 4.98 Å². The van der Waals surface area contributed by atoms with Gasteiger partial charge in [-0.15, -0.1) is 0 Å². The van der Waals surface area contributed by atoms with Gasteiger partial charge in [0.2, 0.25) is 5.95 Å². The Labute approximate surface area is 72.8 Å². The van der Waals surface area contributed by atoms with Gasteiger partial charge < -0.3 is 5.11 Å². The average Bonchev–Trinajstić information content (AvgIpc) is 1.97. The van der Waals surface area contributed by atoms with Gasteiger partial charge in [-0.2, -0.15) is 4.39 Å². The molecule has 0 fully saturated rings. The van der Waals surface area contributed by atoms with Crippen LogP contribution in [0.4, 0.5) is 8.78 Å². The number of nitrogens with zero attached hydrogens (tertiary/aromatic N) is 1. The van der Waals surface area contributed by atoms with Crippen molar-refractivity contribution in [2.75, 3.05) is 0 Å². The van der Waals surface area contributed by atoms with Gasteiger partial charge in [-0.3, -0.25) is 0 Å². The number of halogens is 3. The maximum Gasteiger partial charge on any atom is 0.249 e. The van der Waals surface area contributed by atoms with Crippen LogP contribution in [0.5, 0.6) is 0 Å². The highest BCUT2D eigenvalue weighted by atomic mass is 35.5. The van der Waals surface area contributed by atoms with Crippen molar-refractivity contribution < 1.29 is 13.9 Å². The van der Waals surface area contributed by atoms with E-state index in [4.69, 9.17) is 16.7 Å². The summed E-state index contributed by atoms with van der Waals surface area (Å²) in [5.41, 5.74) is -0.260. The molecular formula is C7H6ClF2NO. The predicted octanol–water partition coefficient (Wildman–Crippen LogP) is 2.07. The van der Waals surface area contributed by atoms with Crippen LogP contribution in [0.2, 0.25) is 5.02 Å². The van der Waals surface area contributed by atoms with Gasteiger partial charge in [-0.1, -0.05) is 11.6 Å². The molecule has 0 spiro atoms. The summed E-state index contributed by atoms with van der Waals surface area (Å²) in [6.45, 7) is 1.30. The lowest BCUT2D eigenvalue weighted by Gasteiger charge is -2.07. The fourth-order valence-corrected chi connectivity index (χ4v) is 1.13. The quantitative estimate of drug-likeness (QED) is 0.693. The molecule has 0 aliphatic rings. The summed E-state index contributed by atoms with van der Waals surface area (Å²) in [5, 5.41) is 8.91. The van der Waals surface area contributed by atoms with Crippen LogP contribution in [0.25, 0.3) is 0 Å². The van der Waals surface area contributed by atoms with Gasteiger partial charge >= 0.3 is 0 Å². The Kier molecular flexibility index (Phi) is 2.59. The van der Waals surface area contributed by atoms with Crippen LogP contribution in [0, 0.1) is 11.8 Å². The normalized spacial score (nSPS) is 13.1. The van der Waals surface area contributed by atoms with E-state index in [1.54, 1.807) is 0 Å². The Morgan fingerprint density at radius 1 is 1.58 bits per heavy atom. The summed E-state index contributed by atoms with van der Waals surface area (Å²) in [6.07, 6.45) is -0.183.